The summed E-state index contributed by atoms with van der Waals surface area (Å²) in [5, 5.41) is 8.69. The van der Waals surface area contributed by atoms with Crippen molar-refractivity contribution in [1.82, 2.24) is 4.90 Å². The van der Waals surface area contributed by atoms with Gasteiger partial charge in [0.25, 0.3) is 5.91 Å². The van der Waals surface area contributed by atoms with Gasteiger partial charge in [-0.15, -0.1) is 0 Å². The minimum atomic E-state index is -0.807. The fraction of sp³-hybridized carbons (Fsp3) is 0.500. The Morgan fingerprint density at radius 2 is 1.90 bits per heavy atom. The molecule has 1 saturated heterocycles. The smallest absolute Gasteiger partial charge is 0.303 e. The summed E-state index contributed by atoms with van der Waals surface area (Å²) in [7, 11) is 0. The van der Waals surface area contributed by atoms with Crippen molar-refractivity contribution < 1.29 is 19.4 Å². The van der Waals surface area contributed by atoms with Crippen LogP contribution in [0.25, 0.3) is 0 Å². The molecule has 21 heavy (non-hydrogen) atoms. The Morgan fingerprint density at radius 1 is 1.29 bits per heavy atom. The van der Waals surface area contributed by atoms with E-state index in [0.29, 0.717) is 31.2 Å². The molecular formula is C16H21NO4. The maximum Gasteiger partial charge on any atom is 0.303 e. The summed E-state index contributed by atoms with van der Waals surface area (Å²) in [6, 6.07) is 7.10. The lowest BCUT2D eigenvalue weighted by Crippen LogP contribution is -2.50. The Bertz CT molecular complexity index is 504. The minimum absolute atomic E-state index is 0.0490. The van der Waals surface area contributed by atoms with E-state index in [4.69, 9.17) is 9.84 Å². The van der Waals surface area contributed by atoms with E-state index < -0.39 is 5.97 Å². The van der Waals surface area contributed by atoms with Crippen LogP contribution in [0.5, 0.6) is 5.75 Å². The lowest BCUT2D eigenvalue weighted by molar-refractivity contribution is -0.139. The Labute approximate surface area is 124 Å². The van der Waals surface area contributed by atoms with Crippen LogP contribution in [-0.2, 0) is 4.79 Å². The molecule has 1 heterocycles. The van der Waals surface area contributed by atoms with Gasteiger partial charge in [0.2, 0.25) is 0 Å². The molecule has 1 aromatic rings. The number of carbonyl (C=O) groups is 2. The Hall–Kier alpha value is -2.04. The van der Waals surface area contributed by atoms with Crippen molar-refractivity contribution in [2.45, 2.75) is 20.3 Å². The highest BCUT2D eigenvalue weighted by molar-refractivity contribution is 5.94. The number of amides is 1. The SMILES string of the molecule is CC(C)COc1ccc(C(=O)N2CC(CC(=O)O)C2)cc1. The van der Waals surface area contributed by atoms with Gasteiger partial charge in [-0.25, -0.2) is 0 Å². The molecule has 0 bridgehead atoms. The summed E-state index contributed by atoms with van der Waals surface area (Å²) in [4.78, 5) is 24.4. The van der Waals surface area contributed by atoms with Crippen LogP contribution in [0.4, 0.5) is 0 Å². The summed E-state index contributed by atoms with van der Waals surface area (Å²) in [6.07, 6.45) is 0.131. The minimum Gasteiger partial charge on any atom is -0.493 e. The van der Waals surface area contributed by atoms with E-state index in [-0.39, 0.29) is 18.2 Å². The van der Waals surface area contributed by atoms with Crippen molar-refractivity contribution in [3.63, 3.8) is 0 Å². The molecule has 0 saturated carbocycles. The van der Waals surface area contributed by atoms with E-state index in [9.17, 15) is 9.59 Å². The molecule has 2 rings (SSSR count). The summed E-state index contributed by atoms with van der Waals surface area (Å²) < 4.78 is 5.57. The normalized spacial score (nSPS) is 14.9. The van der Waals surface area contributed by atoms with E-state index >= 15 is 0 Å². The number of likely N-dealkylation sites (tertiary alicyclic amines) is 1. The van der Waals surface area contributed by atoms with Gasteiger partial charge in [-0.2, -0.15) is 0 Å². The molecule has 0 radical (unpaired) electrons. The number of carbonyl (C=O) groups excluding carboxylic acids is 1. The maximum absolute atomic E-state index is 12.2. The average Bonchev–Trinajstić information content (AvgIpc) is 2.39. The van der Waals surface area contributed by atoms with Gasteiger partial charge in [-0.1, -0.05) is 13.8 Å². The van der Waals surface area contributed by atoms with Crippen molar-refractivity contribution in [1.29, 1.82) is 0 Å². The second-order valence-electron chi connectivity index (χ2n) is 5.90. The summed E-state index contributed by atoms with van der Waals surface area (Å²) in [5.74, 6) is 0.442. The molecule has 1 aliphatic rings. The first-order valence-electron chi connectivity index (χ1n) is 7.19. The zero-order chi connectivity index (χ0) is 15.4. The van der Waals surface area contributed by atoms with E-state index in [2.05, 4.69) is 13.8 Å². The topological polar surface area (TPSA) is 66.8 Å². The molecule has 0 spiro atoms. The van der Waals surface area contributed by atoms with Crippen molar-refractivity contribution >= 4 is 11.9 Å². The zero-order valence-electron chi connectivity index (χ0n) is 12.4. The molecule has 0 atom stereocenters. The number of aliphatic carboxylic acids is 1. The van der Waals surface area contributed by atoms with Crippen LogP contribution < -0.4 is 4.74 Å². The van der Waals surface area contributed by atoms with Gasteiger partial charge in [0.05, 0.1) is 13.0 Å². The van der Waals surface area contributed by atoms with E-state index in [0.717, 1.165) is 5.75 Å². The molecule has 5 heteroatoms. The van der Waals surface area contributed by atoms with Crippen LogP contribution in [-0.4, -0.2) is 41.6 Å². The van der Waals surface area contributed by atoms with E-state index in [1.807, 2.05) is 0 Å². The second kappa shape index (κ2) is 6.61. The first-order valence-corrected chi connectivity index (χ1v) is 7.19. The summed E-state index contributed by atoms with van der Waals surface area (Å²) in [5.41, 5.74) is 0.612. The van der Waals surface area contributed by atoms with Gasteiger partial charge in [0.1, 0.15) is 5.75 Å². The van der Waals surface area contributed by atoms with Crippen LogP contribution in [0.3, 0.4) is 0 Å². The van der Waals surface area contributed by atoms with Crippen molar-refractivity contribution in [2.24, 2.45) is 11.8 Å². The highest BCUT2D eigenvalue weighted by atomic mass is 16.5. The second-order valence-corrected chi connectivity index (χ2v) is 5.90. The third kappa shape index (κ3) is 4.21. The number of carboxylic acids is 1. The predicted molar refractivity (Wildman–Crippen MR) is 78.4 cm³/mol. The number of benzene rings is 1. The van der Waals surface area contributed by atoms with Gasteiger partial charge in [0, 0.05) is 24.6 Å². The Morgan fingerprint density at radius 3 is 2.43 bits per heavy atom. The molecule has 1 amide bonds. The standard InChI is InChI=1S/C16H21NO4/c1-11(2)10-21-14-5-3-13(4-6-14)16(20)17-8-12(9-17)7-15(18)19/h3-6,11-12H,7-10H2,1-2H3,(H,18,19). The monoisotopic (exact) mass is 291 g/mol. The van der Waals surface area contributed by atoms with Crippen LogP contribution >= 0.6 is 0 Å². The molecule has 5 nitrogen and oxygen atoms in total. The van der Waals surface area contributed by atoms with Gasteiger partial charge in [0.15, 0.2) is 0 Å². The molecular weight excluding hydrogens is 270 g/mol. The summed E-state index contributed by atoms with van der Waals surface area (Å²) in [6.45, 7) is 5.86. The van der Waals surface area contributed by atoms with Gasteiger partial charge in [-0.05, 0) is 30.2 Å². The fourth-order valence-corrected chi connectivity index (χ4v) is 2.25. The Kier molecular flexibility index (Phi) is 4.83. The number of hydrogen-bond donors (Lipinski definition) is 1. The van der Waals surface area contributed by atoms with E-state index in [1.54, 1.807) is 29.2 Å². The highest BCUT2D eigenvalue weighted by Gasteiger charge is 2.32. The maximum atomic E-state index is 12.2. The lowest BCUT2D eigenvalue weighted by Gasteiger charge is -2.38. The third-order valence-corrected chi connectivity index (χ3v) is 3.39. The number of rotatable bonds is 6. The quantitative estimate of drug-likeness (QED) is 0.873. The largest absolute Gasteiger partial charge is 0.493 e. The lowest BCUT2D eigenvalue weighted by atomic mass is 9.95. The Balaban J connectivity index is 1.85. The third-order valence-electron chi connectivity index (χ3n) is 3.39. The first kappa shape index (κ1) is 15.4. The summed E-state index contributed by atoms with van der Waals surface area (Å²) >= 11 is 0. The average molecular weight is 291 g/mol. The van der Waals surface area contributed by atoms with Gasteiger partial charge >= 0.3 is 5.97 Å². The molecule has 1 aliphatic heterocycles. The van der Waals surface area contributed by atoms with Gasteiger partial charge < -0.3 is 14.7 Å². The van der Waals surface area contributed by atoms with Crippen molar-refractivity contribution in [3.8, 4) is 5.75 Å². The number of carboxylic acid groups (broad SMARTS) is 1. The van der Waals surface area contributed by atoms with Crippen LogP contribution in [0.2, 0.25) is 0 Å². The predicted octanol–water partition coefficient (Wildman–Crippen LogP) is 2.27. The molecule has 1 aromatic carbocycles. The van der Waals surface area contributed by atoms with E-state index in [1.165, 1.54) is 0 Å². The number of hydrogen-bond acceptors (Lipinski definition) is 3. The van der Waals surface area contributed by atoms with Crippen molar-refractivity contribution in [3.05, 3.63) is 29.8 Å². The molecule has 0 aromatic heterocycles. The molecule has 1 N–H and O–H groups in total. The number of ether oxygens (including phenoxy) is 1. The molecule has 0 aliphatic carbocycles. The highest BCUT2D eigenvalue weighted by Crippen LogP contribution is 2.22. The van der Waals surface area contributed by atoms with Crippen LogP contribution in [0.15, 0.2) is 24.3 Å². The first-order chi connectivity index (χ1) is 9.95. The van der Waals surface area contributed by atoms with Crippen LogP contribution in [0.1, 0.15) is 30.6 Å². The van der Waals surface area contributed by atoms with Crippen LogP contribution in [0, 0.1) is 11.8 Å². The zero-order valence-corrected chi connectivity index (χ0v) is 12.4. The fourth-order valence-electron chi connectivity index (χ4n) is 2.25. The van der Waals surface area contributed by atoms with Crippen molar-refractivity contribution in [2.75, 3.05) is 19.7 Å². The number of nitrogens with zero attached hydrogens (tertiary/aromatic N) is 1. The molecule has 0 unspecified atom stereocenters. The van der Waals surface area contributed by atoms with Gasteiger partial charge in [-0.3, -0.25) is 9.59 Å². The molecule has 114 valence electrons. The molecule has 1 fully saturated rings.